The summed E-state index contributed by atoms with van der Waals surface area (Å²) in [4.78, 5) is 4.42. The van der Waals surface area contributed by atoms with Crippen LogP contribution in [-0.4, -0.2) is 4.98 Å². The van der Waals surface area contributed by atoms with E-state index in [9.17, 15) is 0 Å². The lowest BCUT2D eigenvalue weighted by Crippen LogP contribution is -1.96. The van der Waals surface area contributed by atoms with Crippen LogP contribution in [-0.2, 0) is 0 Å². The van der Waals surface area contributed by atoms with Crippen LogP contribution in [0.5, 0.6) is 0 Å². The fourth-order valence-corrected chi connectivity index (χ4v) is 2.96. The molecule has 1 heterocycles. The van der Waals surface area contributed by atoms with Gasteiger partial charge in [0.25, 0.3) is 0 Å². The third-order valence-electron chi connectivity index (χ3n) is 2.12. The van der Waals surface area contributed by atoms with Crippen LogP contribution in [0.3, 0.4) is 0 Å². The first kappa shape index (κ1) is 11.2. The van der Waals surface area contributed by atoms with Crippen LogP contribution in [0.4, 0.5) is 0 Å². The van der Waals surface area contributed by atoms with Crippen molar-refractivity contribution in [2.45, 2.75) is 45.4 Å². The molecule has 1 nitrogen and oxygen atoms in total. The van der Waals surface area contributed by atoms with Crippen LogP contribution in [0.15, 0.2) is 9.98 Å². The number of aromatic nitrogens is 1. The number of thiazole rings is 1. The molecule has 0 aliphatic rings. The Bertz CT molecular complexity index is 241. The minimum atomic E-state index is 0.686. The van der Waals surface area contributed by atoms with Gasteiger partial charge in [0.15, 0.2) is 0 Å². The Labute approximate surface area is 92.7 Å². The average molecular weight is 262 g/mol. The molecule has 0 bridgehead atoms. The van der Waals surface area contributed by atoms with Crippen molar-refractivity contribution in [1.82, 2.24) is 4.98 Å². The Balaban J connectivity index is 2.63. The highest BCUT2D eigenvalue weighted by Crippen LogP contribution is 2.31. The van der Waals surface area contributed by atoms with Gasteiger partial charge in [0.2, 0.25) is 0 Å². The molecule has 0 fully saturated rings. The fourth-order valence-electron chi connectivity index (χ4n) is 1.54. The van der Waals surface area contributed by atoms with E-state index >= 15 is 0 Å². The van der Waals surface area contributed by atoms with E-state index in [0.717, 1.165) is 3.79 Å². The maximum absolute atomic E-state index is 4.42. The zero-order valence-corrected chi connectivity index (χ0v) is 10.6. The van der Waals surface area contributed by atoms with E-state index in [1.165, 1.54) is 30.7 Å². The molecule has 0 saturated heterocycles. The Kier molecular flexibility index (Phi) is 4.96. The molecule has 0 saturated carbocycles. The molecule has 0 spiro atoms. The largest absolute Gasteiger partial charge is 0.248 e. The van der Waals surface area contributed by atoms with E-state index in [2.05, 4.69) is 34.8 Å². The molecule has 0 aliphatic heterocycles. The van der Waals surface area contributed by atoms with Crippen molar-refractivity contribution in [1.29, 1.82) is 0 Å². The van der Waals surface area contributed by atoms with Crippen LogP contribution in [0, 0.1) is 0 Å². The van der Waals surface area contributed by atoms with Gasteiger partial charge in [-0.1, -0.05) is 26.7 Å². The number of hydrogen-bond acceptors (Lipinski definition) is 2. The summed E-state index contributed by atoms with van der Waals surface area (Å²) >= 11 is 5.24. The normalized spacial score (nSPS) is 11.1. The van der Waals surface area contributed by atoms with Crippen molar-refractivity contribution >= 4 is 27.3 Å². The van der Waals surface area contributed by atoms with Crippen LogP contribution in [0.25, 0.3) is 0 Å². The standard InChI is InChI=1S/C10H16BrNS/c1-3-5-8(6-4-2)10-12-7-9(11)13-10/h7-8H,3-6H2,1-2H3. The topological polar surface area (TPSA) is 12.9 Å². The SMILES string of the molecule is CCCC(CCC)c1ncc(Br)s1. The summed E-state index contributed by atoms with van der Waals surface area (Å²) in [5, 5.41) is 1.30. The van der Waals surface area contributed by atoms with Gasteiger partial charge < -0.3 is 0 Å². The summed E-state index contributed by atoms with van der Waals surface area (Å²) in [6, 6.07) is 0. The number of rotatable bonds is 5. The summed E-state index contributed by atoms with van der Waals surface area (Å²) < 4.78 is 1.15. The zero-order valence-electron chi connectivity index (χ0n) is 8.22. The predicted octanol–water partition coefficient (Wildman–Crippen LogP) is 4.59. The lowest BCUT2D eigenvalue weighted by Gasteiger charge is -2.10. The van der Waals surface area contributed by atoms with E-state index in [4.69, 9.17) is 0 Å². The summed E-state index contributed by atoms with van der Waals surface area (Å²) in [6.45, 7) is 4.48. The van der Waals surface area contributed by atoms with Gasteiger partial charge in [-0.15, -0.1) is 11.3 Å². The molecule has 0 aliphatic carbocycles. The van der Waals surface area contributed by atoms with Crippen molar-refractivity contribution in [3.05, 3.63) is 15.0 Å². The number of halogens is 1. The second-order valence-corrected chi connectivity index (χ2v) is 5.72. The molecule has 1 aromatic rings. The number of nitrogens with zero attached hydrogens (tertiary/aromatic N) is 1. The fraction of sp³-hybridized carbons (Fsp3) is 0.700. The van der Waals surface area contributed by atoms with Crippen LogP contribution >= 0.6 is 27.3 Å². The minimum absolute atomic E-state index is 0.686. The van der Waals surface area contributed by atoms with Crippen molar-refractivity contribution in [2.24, 2.45) is 0 Å². The highest BCUT2D eigenvalue weighted by molar-refractivity contribution is 9.11. The van der Waals surface area contributed by atoms with Gasteiger partial charge in [-0.25, -0.2) is 4.98 Å². The molecule has 1 aromatic heterocycles. The lowest BCUT2D eigenvalue weighted by molar-refractivity contribution is 0.558. The third-order valence-corrected chi connectivity index (χ3v) is 3.76. The van der Waals surface area contributed by atoms with Crippen LogP contribution < -0.4 is 0 Å². The summed E-state index contributed by atoms with van der Waals surface area (Å²) in [5.74, 6) is 0.686. The highest BCUT2D eigenvalue weighted by atomic mass is 79.9. The summed E-state index contributed by atoms with van der Waals surface area (Å²) in [7, 11) is 0. The Morgan fingerprint density at radius 2 is 2.00 bits per heavy atom. The summed E-state index contributed by atoms with van der Waals surface area (Å²) in [5.41, 5.74) is 0. The van der Waals surface area contributed by atoms with Crippen LogP contribution in [0.2, 0.25) is 0 Å². The van der Waals surface area contributed by atoms with E-state index in [0.29, 0.717) is 5.92 Å². The average Bonchev–Trinajstić information content (AvgIpc) is 2.51. The van der Waals surface area contributed by atoms with Gasteiger partial charge >= 0.3 is 0 Å². The van der Waals surface area contributed by atoms with Gasteiger partial charge in [0, 0.05) is 5.92 Å². The quantitative estimate of drug-likeness (QED) is 0.756. The number of hydrogen-bond donors (Lipinski definition) is 0. The van der Waals surface area contributed by atoms with Gasteiger partial charge in [-0.2, -0.15) is 0 Å². The first-order valence-electron chi connectivity index (χ1n) is 4.89. The van der Waals surface area contributed by atoms with Gasteiger partial charge in [0.05, 0.1) is 15.0 Å². The Hall–Kier alpha value is 0.110. The minimum Gasteiger partial charge on any atom is -0.248 e. The maximum atomic E-state index is 4.42. The molecular formula is C10H16BrNS. The van der Waals surface area contributed by atoms with E-state index in [-0.39, 0.29) is 0 Å². The molecule has 3 heteroatoms. The van der Waals surface area contributed by atoms with E-state index in [1.54, 1.807) is 11.3 Å². The third kappa shape index (κ3) is 3.39. The van der Waals surface area contributed by atoms with Crippen molar-refractivity contribution in [3.63, 3.8) is 0 Å². The smallest absolute Gasteiger partial charge is 0.0967 e. The van der Waals surface area contributed by atoms with Gasteiger partial charge in [0.1, 0.15) is 0 Å². The molecule has 0 N–H and O–H groups in total. The van der Waals surface area contributed by atoms with Crippen molar-refractivity contribution in [2.75, 3.05) is 0 Å². The lowest BCUT2D eigenvalue weighted by atomic mass is 9.99. The van der Waals surface area contributed by atoms with E-state index < -0.39 is 0 Å². The molecule has 1 rings (SSSR count). The Morgan fingerprint density at radius 1 is 1.38 bits per heavy atom. The molecular weight excluding hydrogens is 246 g/mol. The molecule has 0 unspecified atom stereocenters. The second-order valence-electron chi connectivity index (χ2n) is 3.28. The first-order valence-corrected chi connectivity index (χ1v) is 6.50. The monoisotopic (exact) mass is 261 g/mol. The molecule has 13 heavy (non-hydrogen) atoms. The molecule has 74 valence electrons. The molecule has 0 amide bonds. The molecule has 0 aromatic carbocycles. The van der Waals surface area contributed by atoms with Gasteiger partial charge in [-0.05, 0) is 28.8 Å². The van der Waals surface area contributed by atoms with Crippen molar-refractivity contribution < 1.29 is 0 Å². The molecule has 0 radical (unpaired) electrons. The van der Waals surface area contributed by atoms with E-state index in [1.807, 2.05) is 6.20 Å². The Morgan fingerprint density at radius 3 is 2.38 bits per heavy atom. The zero-order chi connectivity index (χ0) is 9.68. The van der Waals surface area contributed by atoms with Gasteiger partial charge in [-0.3, -0.25) is 0 Å². The molecule has 0 atom stereocenters. The van der Waals surface area contributed by atoms with Crippen LogP contribution in [0.1, 0.15) is 50.5 Å². The van der Waals surface area contributed by atoms with Crippen molar-refractivity contribution in [3.8, 4) is 0 Å². The summed E-state index contributed by atoms with van der Waals surface area (Å²) in [6.07, 6.45) is 6.96. The highest BCUT2D eigenvalue weighted by Gasteiger charge is 2.12. The second kappa shape index (κ2) is 5.76. The first-order chi connectivity index (χ1) is 6.27. The predicted molar refractivity (Wildman–Crippen MR) is 62.4 cm³/mol. The maximum Gasteiger partial charge on any atom is 0.0967 e.